The van der Waals surface area contributed by atoms with Gasteiger partial charge in [-0.25, -0.2) is 4.79 Å². The van der Waals surface area contributed by atoms with Crippen molar-refractivity contribution in [1.29, 1.82) is 0 Å². The molecule has 3 nitrogen and oxygen atoms in total. The summed E-state index contributed by atoms with van der Waals surface area (Å²) in [6, 6.07) is 0. The molecule has 0 fully saturated rings. The molecule has 0 rings (SSSR count). The van der Waals surface area contributed by atoms with Gasteiger partial charge in [-0.2, -0.15) is 0 Å². The van der Waals surface area contributed by atoms with E-state index in [2.05, 4.69) is 17.9 Å². The normalized spacial score (nSPS) is 11.8. The van der Waals surface area contributed by atoms with Crippen molar-refractivity contribution in [2.45, 2.75) is 6.29 Å². The second kappa shape index (κ2) is 4.09. The second-order valence-electron chi connectivity index (χ2n) is 1.44. The van der Waals surface area contributed by atoms with Crippen LogP contribution in [-0.4, -0.2) is 17.4 Å². The van der Waals surface area contributed by atoms with E-state index in [0.29, 0.717) is 0 Å². The summed E-state index contributed by atoms with van der Waals surface area (Å²) in [5.74, 6) is -0.853. The Kier molecular flexibility index (Phi) is 3.76. The van der Waals surface area contributed by atoms with Crippen LogP contribution in [0, 0.1) is 0 Å². The van der Waals surface area contributed by atoms with E-state index in [0.717, 1.165) is 6.08 Å². The molecule has 0 bridgehead atoms. The van der Waals surface area contributed by atoms with Gasteiger partial charge in [-0.15, -0.1) is 0 Å². The van der Waals surface area contributed by atoms with Gasteiger partial charge < -0.3 is 9.84 Å². The van der Waals surface area contributed by atoms with E-state index in [1.807, 2.05) is 0 Å². The van der Waals surface area contributed by atoms with Crippen LogP contribution in [0.2, 0.25) is 0 Å². The van der Waals surface area contributed by atoms with E-state index in [1.165, 1.54) is 0 Å². The van der Waals surface area contributed by atoms with E-state index < -0.39 is 12.3 Å². The van der Waals surface area contributed by atoms with Crippen LogP contribution in [0.5, 0.6) is 0 Å². The maximum atomic E-state index is 10.5. The Bertz CT molecular complexity index is 164. The first kappa shape index (κ1) is 9.20. The predicted octanol–water partition coefficient (Wildman–Crippen LogP) is 0.786. The SMILES string of the molecule is C=CC(O)OC(=O)C(=C)Cl. The fourth-order valence-corrected chi connectivity index (χ4v) is 0.266. The van der Waals surface area contributed by atoms with Gasteiger partial charge in [0.2, 0.25) is 6.29 Å². The summed E-state index contributed by atoms with van der Waals surface area (Å²) in [6.07, 6.45) is -0.263. The number of aliphatic hydroxyl groups is 1. The number of aliphatic hydroxyl groups excluding tert-OH is 1. The van der Waals surface area contributed by atoms with Crippen molar-refractivity contribution in [2.24, 2.45) is 0 Å². The predicted molar refractivity (Wildman–Crippen MR) is 37.3 cm³/mol. The molecule has 0 amide bonds. The summed E-state index contributed by atoms with van der Waals surface area (Å²) in [7, 11) is 0. The Balaban J connectivity index is 3.79. The molecule has 0 saturated heterocycles. The maximum Gasteiger partial charge on any atom is 0.351 e. The Morgan fingerprint density at radius 1 is 1.80 bits per heavy atom. The van der Waals surface area contributed by atoms with Crippen LogP contribution in [0.15, 0.2) is 24.3 Å². The van der Waals surface area contributed by atoms with Crippen LogP contribution in [-0.2, 0) is 9.53 Å². The zero-order valence-electron chi connectivity index (χ0n) is 5.21. The summed E-state index contributed by atoms with van der Waals surface area (Å²) in [5, 5.41) is 8.34. The molecule has 0 saturated carbocycles. The highest BCUT2D eigenvalue weighted by atomic mass is 35.5. The summed E-state index contributed by atoms with van der Waals surface area (Å²) in [5.41, 5.74) is 0. The van der Waals surface area contributed by atoms with Gasteiger partial charge in [-0.05, 0) is 6.08 Å². The van der Waals surface area contributed by atoms with Crippen molar-refractivity contribution >= 4 is 17.6 Å². The van der Waals surface area contributed by atoms with Crippen LogP contribution in [0.3, 0.4) is 0 Å². The van der Waals surface area contributed by atoms with Crippen LogP contribution in [0.1, 0.15) is 0 Å². The number of rotatable bonds is 3. The molecule has 1 N–H and O–H groups in total. The molecule has 1 atom stereocenters. The Labute approximate surface area is 63.6 Å². The van der Waals surface area contributed by atoms with E-state index in [1.54, 1.807) is 0 Å². The molecule has 0 aromatic carbocycles. The van der Waals surface area contributed by atoms with Crippen molar-refractivity contribution in [3.8, 4) is 0 Å². The first-order chi connectivity index (χ1) is 4.57. The number of hydrogen-bond donors (Lipinski definition) is 1. The molecule has 0 aliphatic carbocycles. The lowest BCUT2D eigenvalue weighted by Crippen LogP contribution is -2.14. The van der Waals surface area contributed by atoms with E-state index in [4.69, 9.17) is 16.7 Å². The number of halogens is 1. The second-order valence-corrected chi connectivity index (χ2v) is 1.89. The summed E-state index contributed by atoms with van der Waals surface area (Å²) in [4.78, 5) is 10.5. The first-order valence-corrected chi connectivity index (χ1v) is 2.81. The number of hydrogen-bond acceptors (Lipinski definition) is 3. The van der Waals surface area contributed by atoms with Gasteiger partial charge in [0.25, 0.3) is 0 Å². The molecular weight excluding hydrogens is 156 g/mol. The average Bonchev–Trinajstić information content (AvgIpc) is 1.87. The highest BCUT2D eigenvalue weighted by Gasteiger charge is 2.08. The maximum absolute atomic E-state index is 10.5. The van der Waals surface area contributed by atoms with Gasteiger partial charge in [0.05, 0.1) is 0 Å². The highest BCUT2D eigenvalue weighted by Crippen LogP contribution is 2.01. The van der Waals surface area contributed by atoms with Gasteiger partial charge in [0.15, 0.2) is 0 Å². The Morgan fingerprint density at radius 3 is 2.60 bits per heavy atom. The monoisotopic (exact) mass is 162 g/mol. The standard InChI is InChI=1S/C6H7ClO3/c1-3-5(8)10-6(9)4(2)7/h3,5,8H,1-2H2. The number of esters is 1. The van der Waals surface area contributed by atoms with Gasteiger partial charge in [-0.3, -0.25) is 0 Å². The van der Waals surface area contributed by atoms with Gasteiger partial charge in [-0.1, -0.05) is 24.8 Å². The van der Waals surface area contributed by atoms with Crippen molar-refractivity contribution in [2.75, 3.05) is 0 Å². The molecular formula is C6H7ClO3. The third-order valence-corrected chi connectivity index (χ3v) is 0.805. The number of ether oxygens (including phenoxy) is 1. The van der Waals surface area contributed by atoms with Gasteiger partial charge in [0.1, 0.15) is 5.03 Å². The van der Waals surface area contributed by atoms with Crippen LogP contribution in [0.25, 0.3) is 0 Å². The molecule has 0 aliphatic heterocycles. The molecule has 10 heavy (non-hydrogen) atoms. The smallest absolute Gasteiger partial charge is 0.351 e. The van der Waals surface area contributed by atoms with Crippen LogP contribution < -0.4 is 0 Å². The van der Waals surface area contributed by atoms with E-state index in [9.17, 15) is 4.79 Å². The molecule has 0 aromatic rings. The largest absolute Gasteiger partial charge is 0.428 e. The topological polar surface area (TPSA) is 46.5 Å². The molecule has 0 heterocycles. The fraction of sp³-hybridized carbons (Fsp3) is 0.167. The highest BCUT2D eigenvalue weighted by molar-refractivity contribution is 6.40. The van der Waals surface area contributed by atoms with Crippen molar-refractivity contribution < 1.29 is 14.6 Å². The molecule has 0 spiro atoms. The Hall–Kier alpha value is -0.800. The van der Waals surface area contributed by atoms with Gasteiger partial charge in [0, 0.05) is 0 Å². The molecule has 1 unspecified atom stereocenters. The summed E-state index contributed by atoms with van der Waals surface area (Å²) < 4.78 is 4.23. The molecule has 0 radical (unpaired) electrons. The van der Waals surface area contributed by atoms with E-state index >= 15 is 0 Å². The molecule has 0 aliphatic rings. The van der Waals surface area contributed by atoms with Crippen molar-refractivity contribution in [3.63, 3.8) is 0 Å². The lowest BCUT2D eigenvalue weighted by Gasteiger charge is -2.04. The van der Waals surface area contributed by atoms with Crippen molar-refractivity contribution in [3.05, 3.63) is 24.3 Å². The van der Waals surface area contributed by atoms with E-state index in [-0.39, 0.29) is 5.03 Å². The van der Waals surface area contributed by atoms with Crippen LogP contribution >= 0.6 is 11.6 Å². The fourth-order valence-electron chi connectivity index (χ4n) is 0.222. The minimum absolute atomic E-state index is 0.277. The minimum Gasteiger partial charge on any atom is -0.428 e. The molecule has 56 valence electrons. The third-order valence-electron chi connectivity index (χ3n) is 0.651. The minimum atomic E-state index is -1.32. The first-order valence-electron chi connectivity index (χ1n) is 2.44. The quantitative estimate of drug-likeness (QED) is 0.289. The summed E-state index contributed by atoms with van der Waals surface area (Å²) >= 11 is 5.11. The average molecular weight is 163 g/mol. The Morgan fingerprint density at radius 2 is 2.30 bits per heavy atom. The lowest BCUT2D eigenvalue weighted by molar-refractivity contribution is -0.154. The van der Waals surface area contributed by atoms with Crippen LogP contribution in [0.4, 0.5) is 0 Å². The van der Waals surface area contributed by atoms with Crippen molar-refractivity contribution in [1.82, 2.24) is 0 Å². The number of carbonyl (C=O) groups excluding carboxylic acids is 1. The number of carbonyl (C=O) groups is 1. The zero-order chi connectivity index (χ0) is 8.15. The molecule has 4 heteroatoms. The molecule has 0 aromatic heterocycles. The van der Waals surface area contributed by atoms with Gasteiger partial charge >= 0.3 is 5.97 Å². The zero-order valence-corrected chi connectivity index (χ0v) is 5.97. The lowest BCUT2D eigenvalue weighted by atomic mass is 10.6. The summed E-state index contributed by atoms with van der Waals surface area (Å²) in [6.45, 7) is 6.26. The third kappa shape index (κ3) is 3.27.